The first-order valence-electron chi connectivity index (χ1n) is 10.3. The van der Waals surface area contributed by atoms with Gasteiger partial charge in [0.05, 0.1) is 13.2 Å². The highest BCUT2D eigenvalue weighted by Gasteiger charge is 2.04. The van der Waals surface area contributed by atoms with Crippen molar-refractivity contribution in [3.05, 3.63) is 12.2 Å². The number of rotatable bonds is 19. The first-order chi connectivity index (χ1) is 11.8. The van der Waals surface area contributed by atoms with Crippen LogP contribution in [0.25, 0.3) is 0 Å². The Kier molecular flexibility index (Phi) is 20.3. The molecule has 0 aromatic rings. The molecule has 0 radical (unpaired) electrons. The van der Waals surface area contributed by atoms with E-state index in [9.17, 15) is 0 Å². The molecule has 0 rings (SSSR count). The predicted molar refractivity (Wildman–Crippen MR) is 103 cm³/mol. The molecule has 0 saturated carbocycles. The Balaban J connectivity index is 3.13. The number of aliphatic hydroxyl groups is 2. The molecular formula is C21H42O3. The highest BCUT2D eigenvalue weighted by Crippen LogP contribution is 2.10. The van der Waals surface area contributed by atoms with Crippen LogP contribution in [0.2, 0.25) is 0 Å². The summed E-state index contributed by atoms with van der Waals surface area (Å²) in [4.78, 5) is 0. The quantitative estimate of drug-likeness (QED) is 0.244. The summed E-state index contributed by atoms with van der Waals surface area (Å²) in [5, 5.41) is 17.7. The molecular weight excluding hydrogens is 300 g/mol. The van der Waals surface area contributed by atoms with Gasteiger partial charge in [-0.2, -0.15) is 0 Å². The van der Waals surface area contributed by atoms with Gasteiger partial charge in [0.1, 0.15) is 6.10 Å². The van der Waals surface area contributed by atoms with E-state index in [-0.39, 0.29) is 13.2 Å². The molecule has 0 atom stereocenters. The average molecular weight is 343 g/mol. The fraction of sp³-hybridized carbons (Fsp3) is 0.905. The molecule has 0 aromatic carbocycles. The fourth-order valence-corrected chi connectivity index (χ4v) is 2.76. The standard InChI is InChI=1S/C21H42O3/c1-2-3-4-5-6-7-8-9-10-11-12-13-14-15-16-17-18-24-21(19-22)20-23/h9-10,21-23H,2-8,11-20H2,1H3/b10-9-. The SMILES string of the molecule is CCCCCCCC/C=C\CCCCCCCCOC(CO)CO. The van der Waals surface area contributed by atoms with Gasteiger partial charge in [-0.25, -0.2) is 0 Å². The van der Waals surface area contributed by atoms with Crippen LogP contribution in [0.3, 0.4) is 0 Å². The number of unbranched alkanes of at least 4 members (excludes halogenated alkanes) is 12. The summed E-state index contributed by atoms with van der Waals surface area (Å²) in [5.41, 5.74) is 0. The third-order valence-corrected chi connectivity index (χ3v) is 4.42. The van der Waals surface area contributed by atoms with Gasteiger partial charge in [-0.1, -0.05) is 76.9 Å². The number of hydrogen-bond acceptors (Lipinski definition) is 3. The van der Waals surface area contributed by atoms with Gasteiger partial charge in [-0.05, 0) is 32.1 Å². The second-order valence-corrected chi connectivity index (χ2v) is 6.80. The van der Waals surface area contributed by atoms with E-state index in [0.717, 1.165) is 6.42 Å². The molecule has 0 aliphatic rings. The second-order valence-electron chi connectivity index (χ2n) is 6.80. The van der Waals surface area contributed by atoms with Crippen molar-refractivity contribution in [2.24, 2.45) is 0 Å². The first kappa shape index (κ1) is 23.6. The summed E-state index contributed by atoms with van der Waals surface area (Å²) < 4.78 is 5.35. The van der Waals surface area contributed by atoms with E-state index in [1.165, 1.54) is 83.5 Å². The Bertz CT molecular complexity index is 249. The van der Waals surface area contributed by atoms with Gasteiger partial charge in [0.25, 0.3) is 0 Å². The van der Waals surface area contributed by atoms with Crippen molar-refractivity contribution in [1.82, 2.24) is 0 Å². The zero-order valence-corrected chi connectivity index (χ0v) is 16.1. The molecule has 3 heteroatoms. The minimum atomic E-state index is -0.395. The van der Waals surface area contributed by atoms with Crippen molar-refractivity contribution >= 4 is 0 Å². The molecule has 0 aromatic heterocycles. The van der Waals surface area contributed by atoms with Crippen molar-refractivity contribution in [2.45, 2.75) is 103 Å². The summed E-state index contributed by atoms with van der Waals surface area (Å²) in [5.74, 6) is 0. The molecule has 2 N–H and O–H groups in total. The van der Waals surface area contributed by atoms with E-state index < -0.39 is 6.10 Å². The summed E-state index contributed by atoms with van der Waals surface area (Å²) in [6.07, 6.45) is 22.5. The van der Waals surface area contributed by atoms with Crippen LogP contribution in [0.1, 0.15) is 96.8 Å². The Labute approximate surface area is 150 Å². The molecule has 24 heavy (non-hydrogen) atoms. The molecule has 0 saturated heterocycles. The molecule has 0 heterocycles. The number of allylic oxidation sites excluding steroid dienone is 2. The largest absolute Gasteiger partial charge is 0.394 e. The van der Waals surface area contributed by atoms with Gasteiger partial charge in [-0.3, -0.25) is 0 Å². The Morgan fingerprint density at radius 3 is 1.62 bits per heavy atom. The summed E-state index contributed by atoms with van der Waals surface area (Å²) in [6, 6.07) is 0. The monoisotopic (exact) mass is 342 g/mol. The minimum absolute atomic E-state index is 0.0944. The molecule has 0 fully saturated rings. The normalized spacial score (nSPS) is 11.8. The highest BCUT2D eigenvalue weighted by molar-refractivity contribution is 4.81. The van der Waals surface area contributed by atoms with Crippen molar-refractivity contribution < 1.29 is 14.9 Å². The highest BCUT2D eigenvalue weighted by atomic mass is 16.5. The minimum Gasteiger partial charge on any atom is -0.394 e. The van der Waals surface area contributed by atoms with E-state index in [0.29, 0.717) is 6.61 Å². The van der Waals surface area contributed by atoms with Crippen LogP contribution in [0.5, 0.6) is 0 Å². The van der Waals surface area contributed by atoms with E-state index >= 15 is 0 Å². The number of hydrogen-bond donors (Lipinski definition) is 2. The van der Waals surface area contributed by atoms with E-state index in [4.69, 9.17) is 14.9 Å². The zero-order chi connectivity index (χ0) is 17.7. The lowest BCUT2D eigenvalue weighted by molar-refractivity contribution is -0.0208. The van der Waals surface area contributed by atoms with Gasteiger partial charge < -0.3 is 14.9 Å². The van der Waals surface area contributed by atoms with Crippen molar-refractivity contribution in [1.29, 1.82) is 0 Å². The average Bonchev–Trinajstić information content (AvgIpc) is 2.61. The van der Waals surface area contributed by atoms with Gasteiger partial charge in [0.2, 0.25) is 0 Å². The van der Waals surface area contributed by atoms with Crippen LogP contribution in [0, 0.1) is 0 Å². The molecule has 144 valence electrons. The fourth-order valence-electron chi connectivity index (χ4n) is 2.76. The molecule has 3 nitrogen and oxygen atoms in total. The summed E-state index contributed by atoms with van der Waals surface area (Å²) in [7, 11) is 0. The zero-order valence-electron chi connectivity index (χ0n) is 16.1. The summed E-state index contributed by atoms with van der Waals surface area (Å²) >= 11 is 0. The van der Waals surface area contributed by atoms with Gasteiger partial charge >= 0.3 is 0 Å². The van der Waals surface area contributed by atoms with Gasteiger partial charge in [0.15, 0.2) is 0 Å². The number of aliphatic hydroxyl groups excluding tert-OH is 2. The maximum Gasteiger partial charge on any atom is 0.104 e. The lowest BCUT2D eigenvalue weighted by atomic mass is 10.1. The van der Waals surface area contributed by atoms with Crippen molar-refractivity contribution in [3.8, 4) is 0 Å². The maximum absolute atomic E-state index is 8.87. The van der Waals surface area contributed by atoms with Gasteiger partial charge in [-0.15, -0.1) is 0 Å². The number of ether oxygens (including phenoxy) is 1. The Morgan fingerprint density at radius 1 is 0.667 bits per heavy atom. The molecule has 0 aliphatic carbocycles. The topological polar surface area (TPSA) is 49.7 Å². The molecule has 0 amide bonds. The van der Waals surface area contributed by atoms with Crippen LogP contribution in [-0.4, -0.2) is 36.1 Å². The molecule has 0 unspecified atom stereocenters. The van der Waals surface area contributed by atoms with E-state index in [2.05, 4.69) is 19.1 Å². The molecule has 0 bridgehead atoms. The smallest absolute Gasteiger partial charge is 0.104 e. The predicted octanol–water partition coefficient (Wildman–Crippen LogP) is 5.39. The van der Waals surface area contributed by atoms with Crippen LogP contribution < -0.4 is 0 Å². The molecule has 0 spiro atoms. The third kappa shape index (κ3) is 18.0. The Morgan fingerprint density at radius 2 is 1.12 bits per heavy atom. The first-order valence-corrected chi connectivity index (χ1v) is 10.3. The maximum atomic E-state index is 8.87. The van der Waals surface area contributed by atoms with Crippen LogP contribution in [-0.2, 0) is 4.74 Å². The van der Waals surface area contributed by atoms with Crippen molar-refractivity contribution in [3.63, 3.8) is 0 Å². The lowest BCUT2D eigenvalue weighted by Gasteiger charge is -2.11. The molecule has 0 aliphatic heterocycles. The van der Waals surface area contributed by atoms with Crippen molar-refractivity contribution in [2.75, 3.05) is 19.8 Å². The third-order valence-electron chi connectivity index (χ3n) is 4.42. The second kappa shape index (κ2) is 20.7. The summed E-state index contributed by atoms with van der Waals surface area (Å²) in [6.45, 7) is 2.72. The van der Waals surface area contributed by atoms with E-state index in [1.807, 2.05) is 0 Å². The lowest BCUT2D eigenvalue weighted by Crippen LogP contribution is -2.22. The van der Waals surface area contributed by atoms with Crippen LogP contribution >= 0.6 is 0 Å². The van der Waals surface area contributed by atoms with E-state index in [1.54, 1.807) is 0 Å². The van der Waals surface area contributed by atoms with Crippen LogP contribution in [0.4, 0.5) is 0 Å². The van der Waals surface area contributed by atoms with Gasteiger partial charge in [0, 0.05) is 6.61 Å². The van der Waals surface area contributed by atoms with Crippen LogP contribution in [0.15, 0.2) is 12.2 Å². The Hall–Kier alpha value is -0.380.